The molecule has 0 saturated carbocycles. The molecule has 0 aromatic rings. The average molecular weight is 139 g/mol. The highest BCUT2D eigenvalue weighted by Crippen LogP contribution is 2.00. The third-order valence-electron chi connectivity index (χ3n) is 0.430. The van der Waals surface area contributed by atoms with Crippen LogP contribution in [-0.4, -0.2) is 7.85 Å². The van der Waals surface area contributed by atoms with Gasteiger partial charge in [-0.2, -0.15) is 5.82 Å². The van der Waals surface area contributed by atoms with Gasteiger partial charge >= 0.3 is 0 Å². The minimum absolute atomic E-state index is 0.661. The number of rotatable bonds is 0. The van der Waals surface area contributed by atoms with Crippen LogP contribution in [0.1, 0.15) is 0 Å². The largest absolute Gasteiger partial charge is 0.364 e. The fourth-order valence-corrected chi connectivity index (χ4v) is 0.468. The first-order chi connectivity index (χ1) is 4.91. The van der Waals surface area contributed by atoms with Crippen molar-refractivity contribution in [1.82, 2.24) is 0 Å². The van der Waals surface area contributed by atoms with E-state index in [0.717, 1.165) is 0 Å². The van der Waals surface area contributed by atoms with Gasteiger partial charge in [0, 0.05) is 0 Å². The molecule has 0 aliphatic heterocycles. The molecule has 0 heterocycles. The monoisotopic (exact) mass is 139 g/mol. The third kappa shape index (κ3) is 6.73. The highest BCUT2D eigenvalue weighted by molar-refractivity contribution is 7.49. The zero-order chi connectivity index (χ0) is 7.66. The summed E-state index contributed by atoms with van der Waals surface area (Å²) in [6, 6.07) is 0. The second-order valence-electron chi connectivity index (χ2n) is 0.999. The molecule has 0 spiro atoms. The van der Waals surface area contributed by atoms with Crippen molar-refractivity contribution in [3.8, 4) is 47.2 Å². The summed E-state index contributed by atoms with van der Waals surface area (Å²) in [6.07, 6.45) is 4.85. The van der Waals surface area contributed by atoms with Crippen molar-refractivity contribution >= 4 is 16.4 Å². The molecule has 0 nitrogen and oxygen atoms in total. The molecule has 42 valence electrons. The van der Waals surface area contributed by atoms with Gasteiger partial charge in [0.15, 0.2) is 7.85 Å². The van der Waals surface area contributed by atoms with Crippen LogP contribution in [0.2, 0.25) is 0 Å². The van der Waals surface area contributed by atoms with E-state index in [4.69, 9.17) is 14.3 Å². The fraction of sp³-hybridized carbons (Fsp3) is 0. The van der Waals surface area contributed by atoms with Gasteiger partial charge in [-0.05, 0) is 11.8 Å². The highest BCUT2D eigenvalue weighted by Gasteiger charge is 1.44. The summed E-state index contributed by atoms with van der Waals surface area (Å²) in [5, 5.41) is 0. The predicted molar refractivity (Wildman–Crippen MR) is 44.8 cm³/mol. The molecule has 0 amide bonds. The molecule has 0 rings (SSSR count). The molecule has 2 radical (unpaired) electrons. The lowest BCUT2D eigenvalue weighted by molar-refractivity contribution is 2.55. The Kier molecular flexibility index (Phi) is 6.76. The Balaban J connectivity index is 3.67. The van der Waals surface area contributed by atoms with Crippen LogP contribution in [0.25, 0.3) is 0 Å². The summed E-state index contributed by atoms with van der Waals surface area (Å²) >= 11 is 0. The molecule has 0 aromatic carbocycles. The van der Waals surface area contributed by atoms with Crippen LogP contribution >= 0.6 is 8.58 Å². The van der Waals surface area contributed by atoms with Gasteiger partial charge in [0.05, 0.1) is 0 Å². The smallest absolute Gasteiger partial charge is 0.189 e. The first-order valence-electron chi connectivity index (χ1n) is 2.27. The second-order valence-corrected chi connectivity index (χ2v) is 1.67. The quantitative estimate of drug-likeness (QED) is 0.262. The SMILES string of the molecule is [B]C#CC#C[P-]C#CC#C. The molecule has 0 saturated heterocycles. The van der Waals surface area contributed by atoms with Crippen molar-refractivity contribution in [3.63, 3.8) is 0 Å². The van der Waals surface area contributed by atoms with Crippen molar-refractivity contribution < 1.29 is 0 Å². The van der Waals surface area contributed by atoms with E-state index >= 15 is 0 Å². The lowest BCUT2D eigenvalue weighted by Crippen LogP contribution is -1.49. The summed E-state index contributed by atoms with van der Waals surface area (Å²) in [5.41, 5.74) is 5.22. The zero-order valence-corrected chi connectivity index (χ0v) is 6.00. The number of hydrogen-bond acceptors (Lipinski definition) is 0. The minimum atomic E-state index is 0.661. The molecule has 0 fully saturated rings. The fourth-order valence-electron chi connectivity index (χ4n) is 0.180. The van der Waals surface area contributed by atoms with Crippen LogP contribution in [0.3, 0.4) is 0 Å². The molecular formula is C8HBP-. The molecule has 10 heavy (non-hydrogen) atoms. The van der Waals surface area contributed by atoms with Gasteiger partial charge in [0.2, 0.25) is 0 Å². The molecule has 0 bridgehead atoms. The average Bonchev–Trinajstić information content (AvgIpc) is 1.97. The summed E-state index contributed by atoms with van der Waals surface area (Å²) < 4.78 is 0. The Bertz CT molecular complexity index is 303. The Morgan fingerprint density at radius 1 is 1.10 bits per heavy atom. The molecule has 0 unspecified atom stereocenters. The molecule has 0 aliphatic carbocycles. The lowest BCUT2D eigenvalue weighted by atomic mass is 10.2. The van der Waals surface area contributed by atoms with E-state index < -0.39 is 0 Å². The maximum atomic E-state index is 4.85. The standard InChI is InChI=1S/C8HBP/c1-2-3-7-10-8-5-4-6-9/h1H/q-1. The Hall–Kier alpha value is -1.27. The molecule has 0 atom stereocenters. The summed E-state index contributed by atoms with van der Waals surface area (Å²) in [5.74, 6) is 11.6. The number of hydrogen-bond donors (Lipinski definition) is 0. The maximum Gasteiger partial charge on any atom is 0.189 e. The van der Waals surface area contributed by atoms with Gasteiger partial charge in [-0.25, -0.2) is 0 Å². The maximum absolute atomic E-state index is 4.85. The molecule has 0 N–H and O–H groups in total. The molecule has 0 aliphatic rings. The van der Waals surface area contributed by atoms with Gasteiger partial charge in [0.1, 0.15) is 0 Å². The van der Waals surface area contributed by atoms with E-state index in [2.05, 4.69) is 40.8 Å². The van der Waals surface area contributed by atoms with E-state index in [1.165, 1.54) is 0 Å². The van der Waals surface area contributed by atoms with Crippen LogP contribution < -0.4 is 0 Å². The predicted octanol–water partition coefficient (Wildman–Crippen LogP) is 0.617. The third-order valence-corrected chi connectivity index (χ3v) is 0.878. The van der Waals surface area contributed by atoms with Crippen molar-refractivity contribution in [1.29, 1.82) is 0 Å². The van der Waals surface area contributed by atoms with E-state index in [1.807, 2.05) is 0 Å². The number of terminal acetylenes is 1. The van der Waals surface area contributed by atoms with Crippen LogP contribution in [0.15, 0.2) is 0 Å². The first-order valence-corrected chi connectivity index (χ1v) is 3.17. The van der Waals surface area contributed by atoms with Gasteiger partial charge in [-0.3, -0.25) is 11.3 Å². The normalized spacial score (nSPS) is 5.50. The summed E-state index contributed by atoms with van der Waals surface area (Å²) in [7, 11) is 5.49. The van der Waals surface area contributed by atoms with Crippen LogP contribution in [0, 0.1) is 47.2 Å². The molecule has 0 aromatic heterocycles. The highest BCUT2D eigenvalue weighted by atomic mass is 31.1. The molecule has 2 heteroatoms. The Morgan fingerprint density at radius 3 is 2.40 bits per heavy atom. The van der Waals surface area contributed by atoms with Gasteiger partial charge in [0.25, 0.3) is 0 Å². The Morgan fingerprint density at radius 2 is 1.80 bits per heavy atom. The van der Waals surface area contributed by atoms with Crippen LogP contribution in [0.5, 0.6) is 0 Å². The van der Waals surface area contributed by atoms with Crippen LogP contribution in [-0.2, 0) is 0 Å². The van der Waals surface area contributed by atoms with E-state index in [0.29, 0.717) is 8.58 Å². The molecular weight excluding hydrogens is 138 g/mol. The van der Waals surface area contributed by atoms with Crippen molar-refractivity contribution in [2.24, 2.45) is 0 Å². The Labute approximate surface area is 64.4 Å². The van der Waals surface area contributed by atoms with Gasteiger partial charge < -0.3 is 8.58 Å². The van der Waals surface area contributed by atoms with Crippen LogP contribution in [0.4, 0.5) is 0 Å². The second kappa shape index (κ2) is 7.73. The zero-order valence-electron chi connectivity index (χ0n) is 5.10. The van der Waals surface area contributed by atoms with Gasteiger partial charge in [-0.15, -0.1) is 6.42 Å². The van der Waals surface area contributed by atoms with E-state index in [1.54, 1.807) is 0 Å². The summed E-state index contributed by atoms with van der Waals surface area (Å²) in [6.45, 7) is 0. The van der Waals surface area contributed by atoms with Crippen molar-refractivity contribution in [2.45, 2.75) is 0 Å². The van der Waals surface area contributed by atoms with E-state index in [9.17, 15) is 0 Å². The van der Waals surface area contributed by atoms with Gasteiger partial charge in [-0.1, -0.05) is 11.8 Å². The van der Waals surface area contributed by atoms with Crippen molar-refractivity contribution in [2.75, 3.05) is 0 Å². The minimum Gasteiger partial charge on any atom is -0.364 e. The first kappa shape index (κ1) is 8.73. The topological polar surface area (TPSA) is 0 Å². The summed E-state index contributed by atoms with van der Waals surface area (Å²) in [4.78, 5) is 0. The lowest BCUT2D eigenvalue weighted by Gasteiger charge is -1.87. The van der Waals surface area contributed by atoms with E-state index in [-0.39, 0.29) is 0 Å². The van der Waals surface area contributed by atoms with Crippen molar-refractivity contribution in [3.05, 3.63) is 0 Å².